The maximum absolute atomic E-state index is 5.56. The van der Waals surface area contributed by atoms with Gasteiger partial charge in [0, 0.05) is 19.7 Å². The Morgan fingerprint density at radius 3 is 2.78 bits per heavy atom. The lowest BCUT2D eigenvalue weighted by Gasteiger charge is -2.11. The standard InChI is InChI=1S/C16H25NO/c1-13(2)12-18-10-9-17-11-15-5-3-4-6-16(15)14-7-8-14/h3-6,13-14,17H,7-12H2,1-2H3. The van der Waals surface area contributed by atoms with Crippen LogP contribution in [0.2, 0.25) is 0 Å². The Morgan fingerprint density at radius 2 is 2.06 bits per heavy atom. The summed E-state index contributed by atoms with van der Waals surface area (Å²) in [6.07, 6.45) is 2.74. The van der Waals surface area contributed by atoms with Crippen molar-refractivity contribution < 1.29 is 4.74 Å². The van der Waals surface area contributed by atoms with Crippen LogP contribution >= 0.6 is 0 Å². The first kappa shape index (κ1) is 13.6. The fourth-order valence-corrected chi connectivity index (χ4v) is 2.17. The van der Waals surface area contributed by atoms with Crippen molar-refractivity contribution in [2.45, 2.75) is 39.2 Å². The molecule has 0 saturated heterocycles. The molecule has 18 heavy (non-hydrogen) atoms. The van der Waals surface area contributed by atoms with E-state index in [0.717, 1.165) is 32.2 Å². The Morgan fingerprint density at radius 1 is 1.28 bits per heavy atom. The lowest BCUT2D eigenvalue weighted by Crippen LogP contribution is -2.20. The van der Waals surface area contributed by atoms with E-state index in [9.17, 15) is 0 Å². The summed E-state index contributed by atoms with van der Waals surface area (Å²) < 4.78 is 5.56. The Balaban J connectivity index is 1.67. The summed E-state index contributed by atoms with van der Waals surface area (Å²) in [5.41, 5.74) is 3.01. The van der Waals surface area contributed by atoms with E-state index in [1.54, 1.807) is 5.56 Å². The number of hydrogen-bond acceptors (Lipinski definition) is 2. The van der Waals surface area contributed by atoms with E-state index in [0.29, 0.717) is 5.92 Å². The van der Waals surface area contributed by atoms with Crippen LogP contribution in [-0.2, 0) is 11.3 Å². The summed E-state index contributed by atoms with van der Waals surface area (Å²) in [6, 6.07) is 8.82. The molecule has 0 radical (unpaired) electrons. The van der Waals surface area contributed by atoms with Gasteiger partial charge in [-0.05, 0) is 35.8 Å². The van der Waals surface area contributed by atoms with Gasteiger partial charge in [-0.3, -0.25) is 0 Å². The van der Waals surface area contributed by atoms with Crippen molar-refractivity contribution in [3.05, 3.63) is 35.4 Å². The topological polar surface area (TPSA) is 21.3 Å². The average Bonchev–Trinajstić information content (AvgIpc) is 3.18. The number of rotatable bonds is 8. The molecule has 2 rings (SSSR count). The zero-order chi connectivity index (χ0) is 12.8. The van der Waals surface area contributed by atoms with Gasteiger partial charge in [0.05, 0.1) is 6.61 Å². The third-order valence-electron chi connectivity index (χ3n) is 3.26. The molecule has 1 aliphatic carbocycles. The Labute approximate surface area is 111 Å². The predicted molar refractivity (Wildman–Crippen MR) is 75.8 cm³/mol. The highest BCUT2D eigenvalue weighted by Gasteiger charge is 2.25. The van der Waals surface area contributed by atoms with Gasteiger partial charge in [0.2, 0.25) is 0 Å². The molecule has 100 valence electrons. The smallest absolute Gasteiger partial charge is 0.0591 e. The van der Waals surface area contributed by atoms with Crippen molar-refractivity contribution in [1.82, 2.24) is 5.32 Å². The van der Waals surface area contributed by atoms with Crippen molar-refractivity contribution in [3.8, 4) is 0 Å². The van der Waals surface area contributed by atoms with Gasteiger partial charge < -0.3 is 10.1 Å². The third kappa shape index (κ3) is 4.43. The van der Waals surface area contributed by atoms with E-state index in [4.69, 9.17) is 4.74 Å². The molecule has 1 N–H and O–H groups in total. The summed E-state index contributed by atoms with van der Waals surface area (Å²) in [5.74, 6) is 1.46. The van der Waals surface area contributed by atoms with Gasteiger partial charge in [0.25, 0.3) is 0 Å². The minimum absolute atomic E-state index is 0.626. The van der Waals surface area contributed by atoms with Crippen LogP contribution in [-0.4, -0.2) is 19.8 Å². The Kier molecular flexibility index (Phi) is 5.21. The van der Waals surface area contributed by atoms with Crippen LogP contribution in [0.1, 0.15) is 43.7 Å². The second-order valence-electron chi connectivity index (χ2n) is 5.62. The van der Waals surface area contributed by atoms with E-state index < -0.39 is 0 Å². The molecular weight excluding hydrogens is 222 g/mol. The van der Waals surface area contributed by atoms with E-state index in [-0.39, 0.29) is 0 Å². The summed E-state index contributed by atoms with van der Waals surface area (Å²) >= 11 is 0. The largest absolute Gasteiger partial charge is 0.380 e. The first-order chi connectivity index (χ1) is 8.77. The zero-order valence-corrected chi connectivity index (χ0v) is 11.6. The summed E-state index contributed by atoms with van der Waals surface area (Å²) in [5, 5.41) is 3.47. The summed E-state index contributed by atoms with van der Waals surface area (Å²) in [7, 11) is 0. The fraction of sp³-hybridized carbons (Fsp3) is 0.625. The maximum atomic E-state index is 5.56. The molecule has 0 bridgehead atoms. The normalized spacial score (nSPS) is 15.3. The van der Waals surface area contributed by atoms with Crippen LogP contribution in [0.4, 0.5) is 0 Å². The lowest BCUT2D eigenvalue weighted by molar-refractivity contribution is 0.111. The van der Waals surface area contributed by atoms with Crippen LogP contribution in [0.25, 0.3) is 0 Å². The monoisotopic (exact) mass is 247 g/mol. The molecule has 1 aromatic rings. The summed E-state index contributed by atoms with van der Waals surface area (Å²) in [4.78, 5) is 0. The molecule has 0 heterocycles. The molecule has 1 aliphatic rings. The lowest BCUT2D eigenvalue weighted by atomic mass is 10.0. The fourth-order valence-electron chi connectivity index (χ4n) is 2.17. The predicted octanol–water partition coefficient (Wildman–Crippen LogP) is 3.33. The van der Waals surface area contributed by atoms with Gasteiger partial charge in [-0.25, -0.2) is 0 Å². The van der Waals surface area contributed by atoms with Crippen molar-refractivity contribution in [1.29, 1.82) is 0 Å². The minimum atomic E-state index is 0.626. The van der Waals surface area contributed by atoms with Gasteiger partial charge in [-0.15, -0.1) is 0 Å². The first-order valence-corrected chi connectivity index (χ1v) is 7.13. The van der Waals surface area contributed by atoms with E-state index in [2.05, 4.69) is 43.4 Å². The zero-order valence-electron chi connectivity index (χ0n) is 11.6. The quantitative estimate of drug-likeness (QED) is 0.711. The van der Waals surface area contributed by atoms with Gasteiger partial charge in [0.1, 0.15) is 0 Å². The highest BCUT2D eigenvalue weighted by molar-refractivity contribution is 5.33. The van der Waals surface area contributed by atoms with Crippen LogP contribution in [0.3, 0.4) is 0 Å². The van der Waals surface area contributed by atoms with Crippen molar-refractivity contribution in [2.24, 2.45) is 5.92 Å². The first-order valence-electron chi connectivity index (χ1n) is 7.13. The highest BCUT2D eigenvalue weighted by Crippen LogP contribution is 2.41. The molecule has 1 saturated carbocycles. The van der Waals surface area contributed by atoms with Crippen molar-refractivity contribution in [2.75, 3.05) is 19.8 Å². The van der Waals surface area contributed by atoms with Gasteiger partial charge >= 0.3 is 0 Å². The summed E-state index contributed by atoms with van der Waals surface area (Å²) in [6.45, 7) is 7.94. The Bertz CT molecular complexity index is 358. The van der Waals surface area contributed by atoms with E-state index in [1.807, 2.05) is 0 Å². The van der Waals surface area contributed by atoms with Gasteiger partial charge in [0.15, 0.2) is 0 Å². The molecule has 0 atom stereocenters. The second-order valence-corrected chi connectivity index (χ2v) is 5.62. The van der Waals surface area contributed by atoms with Gasteiger partial charge in [-0.1, -0.05) is 38.1 Å². The van der Waals surface area contributed by atoms with E-state index >= 15 is 0 Å². The molecule has 0 aromatic heterocycles. The average molecular weight is 247 g/mol. The molecule has 0 aliphatic heterocycles. The molecule has 0 amide bonds. The van der Waals surface area contributed by atoms with Gasteiger partial charge in [-0.2, -0.15) is 0 Å². The van der Waals surface area contributed by atoms with Crippen LogP contribution in [0.5, 0.6) is 0 Å². The number of nitrogens with one attached hydrogen (secondary N) is 1. The van der Waals surface area contributed by atoms with Crippen LogP contribution < -0.4 is 5.32 Å². The minimum Gasteiger partial charge on any atom is -0.380 e. The Hall–Kier alpha value is -0.860. The van der Waals surface area contributed by atoms with Crippen LogP contribution in [0, 0.1) is 5.92 Å². The van der Waals surface area contributed by atoms with Crippen LogP contribution in [0.15, 0.2) is 24.3 Å². The molecule has 1 fully saturated rings. The third-order valence-corrected chi connectivity index (χ3v) is 3.26. The number of hydrogen-bond donors (Lipinski definition) is 1. The number of benzene rings is 1. The molecule has 2 heteroatoms. The number of ether oxygens (including phenoxy) is 1. The van der Waals surface area contributed by atoms with Crippen molar-refractivity contribution in [3.63, 3.8) is 0 Å². The highest BCUT2D eigenvalue weighted by atomic mass is 16.5. The maximum Gasteiger partial charge on any atom is 0.0591 e. The molecule has 0 unspecified atom stereocenters. The van der Waals surface area contributed by atoms with Crippen molar-refractivity contribution >= 4 is 0 Å². The second kappa shape index (κ2) is 6.91. The SMILES string of the molecule is CC(C)COCCNCc1ccccc1C1CC1. The molecule has 1 aromatic carbocycles. The van der Waals surface area contributed by atoms with E-state index in [1.165, 1.54) is 18.4 Å². The molecular formula is C16H25NO. The molecule has 0 spiro atoms. The molecule has 2 nitrogen and oxygen atoms in total.